The van der Waals surface area contributed by atoms with Crippen molar-refractivity contribution >= 4 is 27.8 Å². The van der Waals surface area contributed by atoms with Crippen LogP contribution in [0.3, 0.4) is 0 Å². The number of hydrogen-bond donors (Lipinski definition) is 2. The molecule has 0 aliphatic heterocycles. The summed E-state index contributed by atoms with van der Waals surface area (Å²) in [5, 5.41) is 5.41. The molecule has 0 atom stereocenters. The Morgan fingerprint density at radius 1 is 1.39 bits per heavy atom. The molecule has 0 fully saturated rings. The summed E-state index contributed by atoms with van der Waals surface area (Å²) >= 11 is 3.17. The third kappa shape index (κ3) is 5.55. The second kappa shape index (κ2) is 8.16. The highest BCUT2D eigenvalue weighted by atomic mass is 79.9. The van der Waals surface area contributed by atoms with Crippen LogP contribution >= 0.6 is 15.9 Å². The van der Waals surface area contributed by atoms with E-state index in [0.717, 1.165) is 26.1 Å². The van der Waals surface area contributed by atoms with E-state index < -0.39 is 0 Å². The molecule has 1 aromatic heterocycles. The standard InChI is InChI=1S/C12H20BrN3O2/c1-3-16(4-2)9-5-8-14-12(17)15-11-7-6-10(13)18-11/h6-7H,3-5,8-9H2,1-2H3,(H2,14,15,17). The molecule has 102 valence electrons. The highest BCUT2D eigenvalue weighted by Crippen LogP contribution is 2.17. The zero-order chi connectivity index (χ0) is 13.4. The number of nitrogens with zero attached hydrogens (tertiary/aromatic N) is 1. The van der Waals surface area contributed by atoms with Gasteiger partial charge in [-0.3, -0.25) is 5.32 Å². The zero-order valence-electron chi connectivity index (χ0n) is 10.8. The number of rotatable bonds is 7. The first-order chi connectivity index (χ1) is 8.65. The molecule has 0 aromatic carbocycles. The number of halogens is 1. The lowest BCUT2D eigenvalue weighted by Crippen LogP contribution is -2.32. The highest BCUT2D eigenvalue weighted by Gasteiger charge is 2.05. The van der Waals surface area contributed by atoms with Crippen molar-refractivity contribution in [1.29, 1.82) is 0 Å². The maximum atomic E-state index is 11.5. The van der Waals surface area contributed by atoms with Crippen molar-refractivity contribution in [3.05, 3.63) is 16.8 Å². The molecule has 0 aliphatic rings. The van der Waals surface area contributed by atoms with Gasteiger partial charge in [0, 0.05) is 12.6 Å². The van der Waals surface area contributed by atoms with Crippen molar-refractivity contribution in [2.75, 3.05) is 31.5 Å². The van der Waals surface area contributed by atoms with Crippen molar-refractivity contribution in [3.63, 3.8) is 0 Å². The number of furan rings is 1. The number of carbonyl (C=O) groups is 1. The average Bonchev–Trinajstić information content (AvgIpc) is 2.75. The first-order valence-corrected chi connectivity index (χ1v) is 6.97. The van der Waals surface area contributed by atoms with E-state index in [9.17, 15) is 4.79 Å². The minimum absolute atomic E-state index is 0.239. The molecule has 0 radical (unpaired) electrons. The topological polar surface area (TPSA) is 57.5 Å². The van der Waals surface area contributed by atoms with Crippen LogP contribution in [0.15, 0.2) is 21.2 Å². The maximum Gasteiger partial charge on any atom is 0.321 e. The van der Waals surface area contributed by atoms with Gasteiger partial charge in [-0.15, -0.1) is 0 Å². The van der Waals surface area contributed by atoms with Gasteiger partial charge in [0.05, 0.1) is 0 Å². The Morgan fingerprint density at radius 3 is 2.67 bits per heavy atom. The molecule has 0 saturated heterocycles. The van der Waals surface area contributed by atoms with Crippen LogP contribution < -0.4 is 10.6 Å². The summed E-state index contributed by atoms with van der Waals surface area (Å²) in [4.78, 5) is 13.8. The van der Waals surface area contributed by atoms with Crippen molar-refractivity contribution in [3.8, 4) is 0 Å². The monoisotopic (exact) mass is 317 g/mol. The van der Waals surface area contributed by atoms with E-state index >= 15 is 0 Å². The molecule has 0 bridgehead atoms. The molecule has 1 rings (SSSR count). The fourth-order valence-electron chi connectivity index (χ4n) is 1.58. The quantitative estimate of drug-likeness (QED) is 0.760. The summed E-state index contributed by atoms with van der Waals surface area (Å²) < 4.78 is 5.77. The predicted molar refractivity (Wildman–Crippen MR) is 75.8 cm³/mol. The van der Waals surface area contributed by atoms with Gasteiger partial charge in [-0.1, -0.05) is 13.8 Å². The van der Waals surface area contributed by atoms with Crippen LogP contribution in [0.4, 0.5) is 10.7 Å². The molecule has 0 unspecified atom stereocenters. The Kier molecular flexibility index (Phi) is 6.82. The van der Waals surface area contributed by atoms with Gasteiger partial charge in [0.15, 0.2) is 4.67 Å². The number of nitrogens with one attached hydrogen (secondary N) is 2. The van der Waals surface area contributed by atoms with E-state index in [1.54, 1.807) is 12.1 Å². The number of amides is 2. The Bertz CT molecular complexity index is 364. The molecule has 6 heteroatoms. The zero-order valence-corrected chi connectivity index (χ0v) is 12.4. The van der Waals surface area contributed by atoms with Crippen LogP contribution in [-0.2, 0) is 0 Å². The summed E-state index contributed by atoms with van der Waals surface area (Å²) in [6.45, 7) is 8.02. The van der Waals surface area contributed by atoms with Crippen LogP contribution in [0.25, 0.3) is 0 Å². The van der Waals surface area contributed by atoms with Crippen LogP contribution in [0, 0.1) is 0 Å². The van der Waals surface area contributed by atoms with Crippen LogP contribution in [0.5, 0.6) is 0 Å². The van der Waals surface area contributed by atoms with E-state index in [1.807, 2.05) is 0 Å². The second-order valence-electron chi connectivity index (χ2n) is 3.87. The molecule has 0 aliphatic carbocycles. The smallest absolute Gasteiger partial charge is 0.321 e. The van der Waals surface area contributed by atoms with Gasteiger partial charge in [-0.25, -0.2) is 4.79 Å². The van der Waals surface area contributed by atoms with Gasteiger partial charge >= 0.3 is 6.03 Å². The molecule has 2 N–H and O–H groups in total. The Labute approximate surface area is 116 Å². The average molecular weight is 318 g/mol. The highest BCUT2D eigenvalue weighted by molar-refractivity contribution is 9.10. The Hall–Kier alpha value is -1.01. The van der Waals surface area contributed by atoms with Crippen LogP contribution in [-0.4, -0.2) is 37.1 Å². The maximum absolute atomic E-state index is 11.5. The van der Waals surface area contributed by atoms with Crippen molar-refractivity contribution in [1.82, 2.24) is 10.2 Å². The third-order valence-corrected chi connectivity index (χ3v) is 3.07. The van der Waals surface area contributed by atoms with E-state index in [1.165, 1.54) is 0 Å². The van der Waals surface area contributed by atoms with Crippen LogP contribution in [0.2, 0.25) is 0 Å². The van der Waals surface area contributed by atoms with Gasteiger partial charge < -0.3 is 14.6 Å². The summed E-state index contributed by atoms with van der Waals surface area (Å²) in [5.74, 6) is 0.433. The summed E-state index contributed by atoms with van der Waals surface area (Å²) in [5.41, 5.74) is 0. The van der Waals surface area contributed by atoms with Gasteiger partial charge in [0.1, 0.15) is 0 Å². The normalized spacial score (nSPS) is 10.7. The molecule has 0 spiro atoms. The molecule has 2 amide bonds. The third-order valence-electron chi connectivity index (χ3n) is 2.64. The Morgan fingerprint density at radius 2 is 2.11 bits per heavy atom. The van der Waals surface area contributed by atoms with Gasteiger partial charge in [0.2, 0.25) is 5.88 Å². The van der Waals surface area contributed by atoms with E-state index in [2.05, 4.69) is 45.3 Å². The number of carbonyl (C=O) groups excluding carboxylic acids is 1. The fourth-order valence-corrected chi connectivity index (χ4v) is 1.89. The van der Waals surface area contributed by atoms with E-state index in [4.69, 9.17) is 4.42 Å². The fraction of sp³-hybridized carbons (Fsp3) is 0.583. The largest absolute Gasteiger partial charge is 0.434 e. The minimum atomic E-state index is -0.239. The number of anilines is 1. The first-order valence-electron chi connectivity index (χ1n) is 6.18. The molecule has 1 aromatic rings. The van der Waals surface area contributed by atoms with Crippen molar-refractivity contribution in [2.45, 2.75) is 20.3 Å². The van der Waals surface area contributed by atoms with Gasteiger partial charge in [-0.05, 0) is 48.1 Å². The van der Waals surface area contributed by atoms with Crippen molar-refractivity contribution < 1.29 is 9.21 Å². The number of hydrogen-bond acceptors (Lipinski definition) is 3. The molecule has 18 heavy (non-hydrogen) atoms. The number of urea groups is 1. The Balaban J connectivity index is 2.14. The lowest BCUT2D eigenvalue weighted by molar-refractivity contribution is 0.249. The van der Waals surface area contributed by atoms with Crippen molar-refractivity contribution in [2.24, 2.45) is 0 Å². The molecule has 1 heterocycles. The van der Waals surface area contributed by atoms with Gasteiger partial charge in [-0.2, -0.15) is 0 Å². The van der Waals surface area contributed by atoms with E-state index in [-0.39, 0.29) is 6.03 Å². The summed E-state index contributed by atoms with van der Waals surface area (Å²) in [6.07, 6.45) is 0.941. The SMILES string of the molecule is CCN(CC)CCCNC(=O)Nc1ccc(Br)o1. The predicted octanol–water partition coefficient (Wildman–Crippen LogP) is 2.90. The summed E-state index contributed by atoms with van der Waals surface area (Å²) in [6, 6.07) is 3.19. The lowest BCUT2D eigenvalue weighted by atomic mass is 10.3. The van der Waals surface area contributed by atoms with Gasteiger partial charge in [0.25, 0.3) is 0 Å². The molecule has 5 nitrogen and oxygen atoms in total. The van der Waals surface area contributed by atoms with E-state index in [0.29, 0.717) is 17.1 Å². The summed E-state index contributed by atoms with van der Waals surface area (Å²) in [7, 11) is 0. The second-order valence-corrected chi connectivity index (χ2v) is 4.65. The molecular weight excluding hydrogens is 298 g/mol. The lowest BCUT2D eigenvalue weighted by Gasteiger charge is -2.17. The molecule has 0 saturated carbocycles. The minimum Gasteiger partial charge on any atom is -0.434 e. The van der Waals surface area contributed by atoms with Crippen LogP contribution in [0.1, 0.15) is 20.3 Å². The first kappa shape index (κ1) is 15.0. The molecular formula is C12H20BrN3O2.